The van der Waals surface area contributed by atoms with Gasteiger partial charge in [0.2, 0.25) is 15.9 Å². The number of nitrogens with one attached hydrogen (secondary N) is 1. The molecule has 3 rings (SSSR count). The lowest BCUT2D eigenvalue weighted by Crippen LogP contribution is -2.33. The summed E-state index contributed by atoms with van der Waals surface area (Å²) in [6, 6.07) is 12.1. The third-order valence-electron chi connectivity index (χ3n) is 4.13. The fourth-order valence-electron chi connectivity index (χ4n) is 2.80. The molecule has 0 aliphatic carbocycles. The second-order valence-corrected chi connectivity index (χ2v) is 8.69. The van der Waals surface area contributed by atoms with E-state index in [-0.39, 0.29) is 17.3 Å². The van der Waals surface area contributed by atoms with Crippen LogP contribution in [0.25, 0.3) is 0 Å². The molecule has 1 amide bonds. The highest BCUT2D eigenvalue weighted by atomic mass is 32.2. The predicted octanol–water partition coefficient (Wildman–Crippen LogP) is 2.63. The van der Waals surface area contributed by atoms with Gasteiger partial charge in [-0.15, -0.1) is 11.8 Å². The summed E-state index contributed by atoms with van der Waals surface area (Å²) in [4.78, 5) is 14.5. The van der Waals surface area contributed by atoms with Crippen molar-refractivity contribution in [3.8, 4) is 5.75 Å². The molecule has 1 aliphatic heterocycles. The molecular formula is C18H20N2O4S2. The Labute approximate surface area is 157 Å². The van der Waals surface area contributed by atoms with Gasteiger partial charge in [-0.25, -0.2) is 13.1 Å². The van der Waals surface area contributed by atoms with Crippen molar-refractivity contribution < 1.29 is 17.9 Å². The zero-order valence-corrected chi connectivity index (χ0v) is 16.2. The minimum absolute atomic E-state index is 0.0944. The molecule has 2 aromatic carbocycles. The number of thioether (sulfide) groups is 1. The molecule has 0 saturated carbocycles. The first-order valence-corrected chi connectivity index (χ1v) is 10.6. The van der Waals surface area contributed by atoms with Gasteiger partial charge in [0.25, 0.3) is 0 Å². The lowest BCUT2D eigenvalue weighted by Gasteiger charge is -2.28. The molecule has 138 valence electrons. The molecule has 1 aliphatic rings. The van der Waals surface area contributed by atoms with Crippen LogP contribution in [-0.2, 0) is 21.4 Å². The second kappa shape index (κ2) is 7.69. The fraction of sp³-hybridized carbons (Fsp3) is 0.278. The minimum Gasteiger partial charge on any atom is -0.496 e. The van der Waals surface area contributed by atoms with Gasteiger partial charge in [-0.3, -0.25) is 4.79 Å². The van der Waals surface area contributed by atoms with Crippen molar-refractivity contribution in [3.05, 3.63) is 48.0 Å². The van der Waals surface area contributed by atoms with Crippen molar-refractivity contribution in [2.75, 3.05) is 24.3 Å². The molecule has 0 radical (unpaired) electrons. The highest BCUT2D eigenvalue weighted by molar-refractivity contribution is 7.99. The van der Waals surface area contributed by atoms with Crippen LogP contribution in [0.5, 0.6) is 5.75 Å². The smallest absolute Gasteiger partial charge is 0.240 e. The lowest BCUT2D eigenvalue weighted by molar-refractivity contribution is -0.116. The Morgan fingerprint density at radius 1 is 1.27 bits per heavy atom. The van der Waals surface area contributed by atoms with E-state index in [1.165, 1.54) is 6.92 Å². The summed E-state index contributed by atoms with van der Waals surface area (Å²) in [6.07, 6.45) is 0. The molecule has 0 bridgehead atoms. The molecule has 8 heteroatoms. The Bertz CT molecular complexity index is 929. The molecule has 1 N–H and O–H groups in total. The molecule has 0 saturated heterocycles. The van der Waals surface area contributed by atoms with Crippen LogP contribution in [0.3, 0.4) is 0 Å². The largest absolute Gasteiger partial charge is 0.496 e. The van der Waals surface area contributed by atoms with Crippen molar-refractivity contribution in [2.24, 2.45) is 0 Å². The van der Waals surface area contributed by atoms with Crippen molar-refractivity contribution >= 4 is 33.4 Å². The number of hydrogen-bond acceptors (Lipinski definition) is 5. The second-order valence-electron chi connectivity index (χ2n) is 5.79. The SMILES string of the molecule is COc1ccccc1CNS(=O)(=O)c1ccc2c(c1)N(C(C)=O)CCS2. The number of rotatable bonds is 5. The summed E-state index contributed by atoms with van der Waals surface area (Å²) in [5.74, 6) is 1.33. The maximum absolute atomic E-state index is 12.7. The van der Waals surface area contributed by atoms with E-state index in [0.29, 0.717) is 18.0 Å². The van der Waals surface area contributed by atoms with E-state index in [4.69, 9.17) is 4.74 Å². The number of hydrogen-bond donors (Lipinski definition) is 1. The van der Waals surface area contributed by atoms with Gasteiger partial charge in [0.15, 0.2) is 0 Å². The lowest BCUT2D eigenvalue weighted by atomic mass is 10.2. The van der Waals surface area contributed by atoms with Gasteiger partial charge in [-0.2, -0.15) is 0 Å². The standard InChI is InChI=1S/C18H20N2O4S2/c1-13(21)20-9-10-25-18-8-7-15(11-16(18)20)26(22,23)19-12-14-5-3-4-6-17(14)24-2/h3-8,11,19H,9-10,12H2,1-2H3. The first-order chi connectivity index (χ1) is 12.4. The molecule has 0 atom stereocenters. The highest BCUT2D eigenvalue weighted by Crippen LogP contribution is 2.36. The van der Waals surface area contributed by atoms with Gasteiger partial charge < -0.3 is 9.64 Å². The third kappa shape index (κ3) is 3.87. The number of sulfonamides is 1. The molecule has 0 spiro atoms. The summed E-state index contributed by atoms with van der Waals surface area (Å²) in [5.41, 5.74) is 1.39. The quantitative estimate of drug-likeness (QED) is 0.847. The van der Waals surface area contributed by atoms with Crippen LogP contribution in [-0.4, -0.2) is 33.7 Å². The van der Waals surface area contributed by atoms with E-state index in [1.807, 2.05) is 18.2 Å². The van der Waals surface area contributed by atoms with Crippen LogP contribution in [0.15, 0.2) is 52.3 Å². The van der Waals surface area contributed by atoms with Crippen molar-refractivity contribution in [2.45, 2.75) is 23.3 Å². The Hall–Kier alpha value is -2.03. The predicted molar refractivity (Wildman–Crippen MR) is 102 cm³/mol. The summed E-state index contributed by atoms with van der Waals surface area (Å²) in [6.45, 7) is 2.18. The van der Waals surface area contributed by atoms with Crippen LogP contribution >= 0.6 is 11.8 Å². The van der Waals surface area contributed by atoms with Crippen LogP contribution in [0, 0.1) is 0 Å². The summed E-state index contributed by atoms with van der Waals surface area (Å²) in [5, 5.41) is 0. The normalized spacial score (nSPS) is 14.0. The van der Waals surface area contributed by atoms with Crippen LogP contribution in [0.1, 0.15) is 12.5 Å². The maximum Gasteiger partial charge on any atom is 0.240 e. The molecule has 26 heavy (non-hydrogen) atoms. The number of ether oxygens (including phenoxy) is 1. The number of benzene rings is 2. The monoisotopic (exact) mass is 392 g/mol. The van der Waals surface area contributed by atoms with Crippen molar-refractivity contribution in [1.82, 2.24) is 4.72 Å². The van der Waals surface area contributed by atoms with E-state index in [0.717, 1.165) is 16.2 Å². The number of carbonyl (C=O) groups is 1. The maximum atomic E-state index is 12.7. The summed E-state index contributed by atoms with van der Waals surface area (Å²) >= 11 is 1.62. The van der Waals surface area contributed by atoms with E-state index >= 15 is 0 Å². The van der Waals surface area contributed by atoms with Gasteiger partial charge in [0, 0.05) is 36.2 Å². The van der Waals surface area contributed by atoms with Crippen LogP contribution < -0.4 is 14.4 Å². The Morgan fingerprint density at radius 3 is 2.77 bits per heavy atom. The third-order valence-corrected chi connectivity index (χ3v) is 6.57. The van der Waals surface area contributed by atoms with Gasteiger partial charge in [0.05, 0.1) is 17.7 Å². The zero-order valence-electron chi connectivity index (χ0n) is 14.6. The molecule has 0 fully saturated rings. The Morgan fingerprint density at radius 2 is 2.04 bits per heavy atom. The van der Waals surface area contributed by atoms with Crippen LogP contribution in [0.2, 0.25) is 0 Å². The number of methoxy groups -OCH3 is 1. The van der Waals surface area contributed by atoms with Gasteiger partial charge in [-0.1, -0.05) is 18.2 Å². The van der Waals surface area contributed by atoms with Crippen molar-refractivity contribution in [3.63, 3.8) is 0 Å². The summed E-state index contributed by atoms with van der Waals surface area (Å²) < 4.78 is 33.3. The number of nitrogens with zero attached hydrogens (tertiary/aromatic N) is 1. The molecule has 2 aromatic rings. The average molecular weight is 393 g/mol. The number of amides is 1. The van der Waals surface area contributed by atoms with E-state index in [1.54, 1.807) is 48.0 Å². The zero-order chi connectivity index (χ0) is 18.7. The number of fused-ring (bicyclic) bond motifs is 1. The Kier molecular flexibility index (Phi) is 5.55. The molecule has 0 aromatic heterocycles. The average Bonchev–Trinajstić information content (AvgIpc) is 2.65. The van der Waals surface area contributed by atoms with Gasteiger partial charge >= 0.3 is 0 Å². The van der Waals surface area contributed by atoms with Gasteiger partial charge in [0.1, 0.15) is 5.75 Å². The summed E-state index contributed by atoms with van der Waals surface area (Å²) in [7, 11) is -2.17. The molecule has 0 unspecified atom stereocenters. The van der Waals surface area contributed by atoms with Gasteiger partial charge in [-0.05, 0) is 24.3 Å². The fourth-order valence-corrected chi connectivity index (χ4v) is 4.80. The highest BCUT2D eigenvalue weighted by Gasteiger charge is 2.24. The minimum atomic E-state index is -3.72. The molecule has 1 heterocycles. The topological polar surface area (TPSA) is 75.7 Å². The first-order valence-electron chi connectivity index (χ1n) is 8.09. The molecular weight excluding hydrogens is 372 g/mol. The first kappa shape index (κ1) is 18.8. The molecule has 6 nitrogen and oxygen atoms in total. The van der Waals surface area contributed by atoms with E-state index in [9.17, 15) is 13.2 Å². The number of anilines is 1. The van der Waals surface area contributed by atoms with E-state index in [2.05, 4.69) is 4.72 Å². The Balaban J connectivity index is 1.86. The van der Waals surface area contributed by atoms with Crippen LogP contribution in [0.4, 0.5) is 5.69 Å². The van der Waals surface area contributed by atoms with E-state index < -0.39 is 10.0 Å². The van der Waals surface area contributed by atoms with Crippen molar-refractivity contribution in [1.29, 1.82) is 0 Å². The number of carbonyl (C=O) groups excluding carboxylic acids is 1. The number of para-hydroxylation sites is 1.